The largest absolute Gasteiger partial charge is 0.313 e. The molecule has 0 amide bonds. The molecule has 0 aromatic carbocycles. The van der Waals surface area contributed by atoms with Crippen LogP contribution in [0, 0.1) is 16.7 Å². The molecule has 2 bridgehead atoms. The van der Waals surface area contributed by atoms with Crippen LogP contribution >= 0.6 is 0 Å². The van der Waals surface area contributed by atoms with Crippen molar-refractivity contribution in [3.8, 4) is 0 Å². The normalized spacial score (nSPS) is 34.8. The van der Waals surface area contributed by atoms with Crippen molar-refractivity contribution in [2.24, 2.45) is 16.7 Å². The third-order valence-electron chi connectivity index (χ3n) is 6.02. The van der Waals surface area contributed by atoms with E-state index >= 15 is 0 Å². The topological polar surface area (TPSA) is 49.4 Å². The van der Waals surface area contributed by atoms with Gasteiger partial charge in [0, 0.05) is 19.1 Å². The van der Waals surface area contributed by atoms with Crippen LogP contribution in [0.3, 0.4) is 0 Å². The highest BCUT2D eigenvalue weighted by Crippen LogP contribution is 2.62. The van der Waals surface area contributed by atoms with Crippen LogP contribution in [0.5, 0.6) is 0 Å². The van der Waals surface area contributed by atoms with Gasteiger partial charge in [0.1, 0.15) is 0 Å². The maximum Gasteiger partial charge on any atom is 0.211 e. The Kier molecular flexibility index (Phi) is 4.77. The monoisotopic (exact) mass is 316 g/mol. The van der Waals surface area contributed by atoms with Gasteiger partial charge in [-0.1, -0.05) is 27.7 Å². The van der Waals surface area contributed by atoms with Gasteiger partial charge in [-0.3, -0.25) is 0 Å². The fourth-order valence-corrected chi connectivity index (χ4v) is 5.80. The van der Waals surface area contributed by atoms with Gasteiger partial charge < -0.3 is 5.32 Å². The third-order valence-corrected chi connectivity index (χ3v) is 7.40. The van der Waals surface area contributed by atoms with Gasteiger partial charge in [-0.2, -0.15) is 0 Å². The lowest BCUT2D eigenvalue weighted by Gasteiger charge is -2.43. The zero-order chi connectivity index (χ0) is 15.9. The zero-order valence-corrected chi connectivity index (χ0v) is 15.1. The molecule has 0 saturated heterocycles. The maximum absolute atomic E-state index is 11.6. The van der Waals surface area contributed by atoms with Gasteiger partial charge in [0.05, 0.1) is 6.26 Å². The first-order chi connectivity index (χ1) is 9.61. The predicted molar refractivity (Wildman–Crippen MR) is 87.7 cm³/mol. The van der Waals surface area contributed by atoms with Crippen LogP contribution in [0.15, 0.2) is 0 Å². The van der Waals surface area contributed by atoms with Crippen molar-refractivity contribution in [3.05, 3.63) is 0 Å². The van der Waals surface area contributed by atoms with Gasteiger partial charge >= 0.3 is 0 Å². The quantitative estimate of drug-likeness (QED) is 0.734. The second-order valence-corrected chi connectivity index (χ2v) is 9.89. The minimum absolute atomic E-state index is 0.369. The van der Waals surface area contributed by atoms with E-state index in [2.05, 4.69) is 26.1 Å². The van der Waals surface area contributed by atoms with E-state index in [9.17, 15) is 8.42 Å². The molecule has 2 aliphatic carbocycles. The molecule has 124 valence electrons. The molecule has 4 nitrogen and oxygen atoms in total. The Labute approximate surface area is 130 Å². The highest BCUT2D eigenvalue weighted by atomic mass is 32.2. The summed E-state index contributed by atoms with van der Waals surface area (Å²) in [4.78, 5) is 0. The number of sulfonamides is 1. The Bertz CT molecular complexity index is 470. The molecule has 21 heavy (non-hydrogen) atoms. The van der Waals surface area contributed by atoms with Crippen LogP contribution in [-0.2, 0) is 10.0 Å². The summed E-state index contributed by atoms with van der Waals surface area (Å²) in [6.45, 7) is 11.2. The van der Waals surface area contributed by atoms with E-state index in [4.69, 9.17) is 0 Å². The van der Waals surface area contributed by atoms with Crippen LogP contribution in [0.25, 0.3) is 0 Å². The summed E-state index contributed by atoms with van der Waals surface area (Å²) in [6.07, 6.45) is 6.24. The highest BCUT2D eigenvalue weighted by molar-refractivity contribution is 7.88. The van der Waals surface area contributed by atoms with Crippen molar-refractivity contribution in [2.75, 3.05) is 25.9 Å². The van der Waals surface area contributed by atoms with Crippen LogP contribution < -0.4 is 5.32 Å². The molecule has 0 spiro atoms. The number of fused-ring (bicyclic) bond motifs is 2. The van der Waals surface area contributed by atoms with Crippen LogP contribution in [0.2, 0.25) is 0 Å². The fraction of sp³-hybridized carbons (Fsp3) is 1.00. The zero-order valence-electron chi connectivity index (χ0n) is 14.3. The molecule has 0 aromatic heterocycles. The van der Waals surface area contributed by atoms with E-state index in [0.717, 1.165) is 18.9 Å². The van der Waals surface area contributed by atoms with E-state index in [1.54, 1.807) is 4.31 Å². The summed E-state index contributed by atoms with van der Waals surface area (Å²) in [6, 6.07) is 0.567. The van der Waals surface area contributed by atoms with Crippen LogP contribution in [0.4, 0.5) is 0 Å². The fourth-order valence-electron chi connectivity index (χ4n) is 4.87. The number of hydrogen-bond acceptors (Lipinski definition) is 3. The maximum atomic E-state index is 11.6. The second-order valence-electron chi connectivity index (χ2n) is 7.91. The summed E-state index contributed by atoms with van der Waals surface area (Å²) < 4.78 is 24.7. The van der Waals surface area contributed by atoms with Gasteiger partial charge in [0.15, 0.2) is 0 Å². The first-order valence-electron chi connectivity index (χ1n) is 8.30. The lowest BCUT2D eigenvalue weighted by atomic mass is 9.68. The third kappa shape index (κ3) is 3.30. The highest BCUT2D eigenvalue weighted by Gasteiger charge is 2.58. The van der Waals surface area contributed by atoms with Crippen LogP contribution in [-0.4, -0.2) is 44.7 Å². The SMILES string of the molecule is CCN(CCCNC1C(C)(C)[C@H]2CC[C@]1(C)C2)S(C)(=O)=O. The predicted octanol–water partition coefficient (Wildman–Crippen LogP) is 2.46. The molecule has 0 aromatic rings. The summed E-state index contributed by atoms with van der Waals surface area (Å²) in [5, 5.41) is 3.75. The number of rotatable bonds is 7. The number of nitrogens with one attached hydrogen (secondary N) is 1. The molecule has 5 heteroatoms. The van der Waals surface area contributed by atoms with E-state index in [1.165, 1.54) is 25.5 Å². The molecular weight excluding hydrogens is 284 g/mol. The smallest absolute Gasteiger partial charge is 0.211 e. The summed E-state index contributed by atoms with van der Waals surface area (Å²) in [5.41, 5.74) is 0.809. The van der Waals surface area contributed by atoms with Gasteiger partial charge in [0.25, 0.3) is 0 Å². The van der Waals surface area contributed by atoms with Crippen LogP contribution in [0.1, 0.15) is 53.4 Å². The van der Waals surface area contributed by atoms with Gasteiger partial charge in [-0.15, -0.1) is 0 Å². The molecule has 3 atom stereocenters. The Morgan fingerprint density at radius 3 is 2.43 bits per heavy atom. The summed E-state index contributed by atoms with van der Waals surface area (Å²) in [7, 11) is -3.05. The standard InChI is InChI=1S/C16H32N2O2S/c1-6-18(21(5,19)20)11-7-10-17-14-15(2,3)13-8-9-16(14,4)12-13/h13-14,17H,6-12H2,1-5H3/t13-,14?,16+/m0/s1. The van der Waals surface area contributed by atoms with Gasteiger partial charge in [0.2, 0.25) is 10.0 Å². The van der Waals surface area contributed by atoms with Crippen molar-refractivity contribution in [1.82, 2.24) is 9.62 Å². The first-order valence-corrected chi connectivity index (χ1v) is 10.1. The van der Waals surface area contributed by atoms with Crippen molar-refractivity contribution >= 4 is 10.0 Å². The summed E-state index contributed by atoms with van der Waals surface area (Å²) >= 11 is 0. The Morgan fingerprint density at radius 1 is 1.29 bits per heavy atom. The molecule has 0 aliphatic heterocycles. The number of hydrogen-bond donors (Lipinski definition) is 1. The molecule has 2 aliphatic rings. The minimum atomic E-state index is -3.05. The van der Waals surface area contributed by atoms with Crippen molar-refractivity contribution in [3.63, 3.8) is 0 Å². The first kappa shape index (κ1) is 17.2. The van der Waals surface area contributed by atoms with Crippen molar-refractivity contribution in [1.29, 1.82) is 0 Å². The van der Waals surface area contributed by atoms with Crippen molar-refractivity contribution in [2.45, 2.75) is 59.4 Å². The average molecular weight is 317 g/mol. The van der Waals surface area contributed by atoms with E-state index in [0.29, 0.717) is 30.0 Å². The molecule has 2 fully saturated rings. The molecule has 0 heterocycles. The van der Waals surface area contributed by atoms with Gasteiger partial charge in [-0.25, -0.2) is 12.7 Å². The lowest BCUT2D eigenvalue weighted by Crippen LogP contribution is -2.50. The average Bonchev–Trinajstić information content (AvgIpc) is 2.82. The van der Waals surface area contributed by atoms with Gasteiger partial charge in [-0.05, 0) is 49.0 Å². The van der Waals surface area contributed by atoms with Crippen molar-refractivity contribution < 1.29 is 8.42 Å². The molecular formula is C16H32N2O2S. The van der Waals surface area contributed by atoms with E-state index in [1.807, 2.05) is 6.92 Å². The summed E-state index contributed by atoms with van der Waals surface area (Å²) in [5.74, 6) is 0.850. The Hall–Kier alpha value is -0.130. The van der Waals surface area contributed by atoms with E-state index < -0.39 is 10.0 Å². The molecule has 2 saturated carbocycles. The van der Waals surface area contributed by atoms with E-state index in [-0.39, 0.29) is 0 Å². The Balaban J connectivity index is 1.84. The lowest BCUT2D eigenvalue weighted by molar-refractivity contribution is 0.109. The number of nitrogens with zero attached hydrogens (tertiary/aromatic N) is 1. The molecule has 2 rings (SSSR count). The molecule has 1 N–H and O–H groups in total. The minimum Gasteiger partial charge on any atom is -0.313 e. The second kappa shape index (κ2) is 5.82. The molecule has 0 radical (unpaired) electrons. The Morgan fingerprint density at radius 2 is 1.95 bits per heavy atom. The molecule has 1 unspecified atom stereocenters.